The molecule has 0 saturated carbocycles. The van der Waals surface area contributed by atoms with Crippen molar-refractivity contribution in [2.45, 2.75) is 73.1 Å². The second kappa shape index (κ2) is 10.9. The Morgan fingerprint density at radius 1 is 1.15 bits per heavy atom. The molecule has 1 aliphatic rings. The van der Waals surface area contributed by atoms with Crippen molar-refractivity contribution in [3.05, 3.63) is 88.0 Å². The van der Waals surface area contributed by atoms with Crippen LogP contribution < -0.4 is 15.8 Å². The summed E-state index contributed by atoms with van der Waals surface area (Å²) in [5.74, 6) is -0.281. The fraction of sp³-hybridized carbons (Fsp3) is 0.424. The summed E-state index contributed by atoms with van der Waals surface area (Å²) in [5, 5.41) is 13.6. The zero-order valence-corrected chi connectivity index (χ0v) is 24.4. The molecule has 0 bridgehead atoms. The first kappa shape index (κ1) is 28.5. The van der Waals surface area contributed by atoms with Gasteiger partial charge in [0.05, 0.1) is 16.8 Å². The van der Waals surface area contributed by atoms with Gasteiger partial charge in [0, 0.05) is 37.7 Å². The van der Waals surface area contributed by atoms with Crippen molar-refractivity contribution in [1.29, 1.82) is 0 Å². The Morgan fingerprint density at radius 3 is 2.56 bits per heavy atom. The number of carboxylic acid groups (broad SMARTS) is 1. The number of carboxylic acids is 1. The van der Waals surface area contributed by atoms with Gasteiger partial charge in [-0.25, -0.2) is 0 Å². The van der Waals surface area contributed by atoms with Crippen LogP contribution in [0.15, 0.2) is 54.6 Å². The van der Waals surface area contributed by atoms with E-state index < -0.39 is 11.4 Å². The first-order chi connectivity index (χ1) is 18.3. The number of aryl methyl sites for hydroxylation is 1. The second-order valence-corrected chi connectivity index (χ2v) is 12.0. The Balaban J connectivity index is 1.76. The van der Waals surface area contributed by atoms with E-state index in [1.807, 2.05) is 38.1 Å². The molecule has 0 fully saturated rings. The van der Waals surface area contributed by atoms with Gasteiger partial charge in [0.2, 0.25) is 0 Å². The molecule has 0 radical (unpaired) electrons. The Labute approximate surface area is 233 Å². The van der Waals surface area contributed by atoms with E-state index in [-0.39, 0.29) is 11.5 Å². The zero-order valence-electron chi connectivity index (χ0n) is 24.4. The van der Waals surface area contributed by atoms with Gasteiger partial charge in [-0.1, -0.05) is 42.5 Å². The Kier molecular flexibility index (Phi) is 7.99. The Hall–Kier alpha value is -3.51. The minimum absolute atomic E-state index is 0.338. The smallest absolute Gasteiger partial charge is 0.310 e. The Morgan fingerprint density at radius 2 is 1.87 bits per heavy atom. The molecule has 208 valence electrons. The highest BCUT2D eigenvalue weighted by atomic mass is 16.5. The molecule has 0 amide bonds. The molecule has 0 aromatic heterocycles. The fourth-order valence-corrected chi connectivity index (χ4v) is 5.80. The maximum atomic E-state index is 12.6. The highest BCUT2D eigenvalue weighted by molar-refractivity contribution is 5.78. The van der Waals surface area contributed by atoms with E-state index in [1.165, 1.54) is 16.7 Å². The maximum absolute atomic E-state index is 12.6. The van der Waals surface area contributed by atoms with Crippen LogP contribution in [-0.4, -0.2) is 34.7 Å². The number of carbonyl (C=O) groups is 1. The van der Waals surface area contributed by atoms with E-state index >= 15 is 0 Å². The lowest BCUT2D eigenvalue weighted by Gasteiger charge is -2.34. The highest BCUT2D eigenvalue weighted by Gasteiger charge is 2.40. The quantitative estimate of drug-likeness (QED) is 0.280. The monoisotopic (exact) mass is 529 g/mol. The third-order valence-corrected chi connectivity index (χ3v) is 7.97. The number of nitrogens with zero attached hydrogens (tertiary/aromatic N) is 1. The number of para-hydroxylation sites is 1. The third-order valence-electron chi connectivity index (χ3n) is 7.97. The van der Waals surface area contributed by atoms with Gasteiger partial charge in [-0.15, -0.1) is 0 Å². The van der Waals surface area contributed by atoms with Crippen molar-refractivity contribution in [3.8, 4) is 5.75 Å². The van der Waals surface area contributed by atoms with Crippen molar-refractivity contribution in [2.24, 2.45) is 5.41 Å². The van der Waals surface area contributed by atoms with Crippen LogP contribution in [0.5, 0.6) is 5.75 Å². The van der Waals surface area contributed by atoms with Crippen LogP contribution in [0.3, 0.4) is 0 Å². The molecule has 0 spiro atoms. The van der Waals surface area contributed by atoms with E-state index in [4.69, 9.17) is 10.5 Å². The molecular weight excluding hydrogens is 486 g/mol. The molecule has 4 rings (SSSR count). The van der Waals surface area contributed by atoms with Gasteiger partial charge in [-0.05, 0) is 88.4 Å². The lowest BCUT2D eigenvalue weighted by Crippen LogP contribution is -2.40. The van der Waals surface area contributed by atoms with Crippen LogP contribution in [0.4, 0.5) is 11.4 Å². The number of benzene rings is 3. The predicted octanol–water partition coefficient (Wildman–Crippen LogP) is 6.73. The van der Waals surface area contributed by atoms with Crippen LogP contribution in [0.1, 0.15) is 73.9 Å². The maximum Gasteiger partial charge on any atom is 0.310 e. The third kappa shape index (κ3) is 5.91. The van der Waals surface area contributed by atoms with E-state index in [2.05, 4.69) is 61.3 Å². The van der Waals surface area contributed by atoms with Gasteiger partial charge >= 0.3 is 5.97 Å². The molecule has 6 nitrogen and oxygen atoms in total. The lowest BCUT2D eigenvalue weighted by molar-refractivity contribution is -0.147. The van der Waals surface area contributed by atoms with Crippen LogP contribution in [0.25, 0.3) is 0 Å². The van der Waals surface area contributed by atoms with Crippen LogP contribution in [-0.2, 0) is 17.9 Å². The topological polar surface area (TPSA) is 87.8 Å². The molecule has 4 N–H and O–H groups in total. The SMILES string of the molecule is CCNc1ccc(C(c2ccc(C)c(CN3Cc4ccccc4OC(C)(C)C3)c2)C(C)(C)C(=O)O)c(C)c1N. The molecule has 39 heavy (non-hydrogen) atoms. The van der Waals surface area contributed by atoms with Gasteiger partial charge in [0.1, 0.15) is 11.4 Å². The average Bonchev–Trinajstić information content (AvgIpc) is 2.99. The summed E-state index contributed by atoms with van der Waals surface area (Å²) < 4.78 is 6.36. The van der Waals surface area contributed by atoms with Crippen molar-refractivity contribution >= 4 is 17.3 Å². The number of fused-ring (bicyclic) bond motifs is 1. The van der Waals surface area contributed by atoms with Gasteiger partial charge in [-0.3, -0.25) is 9.69 Å². The van der Waals surface area contributed by atoms with Gasteiger partial charge in [0.25, 0.3) is 0 Å². The number of nitrogens with one attached hydrogen (secondary N) is 1. The molecule has 3 aromatic carbocycles. The summed E-state index contributed by atoms with van der Waals surface area (Å²) >= 11 is 0. The van der Waals surface area contributed by atoms with Crippen molar-refractivity contribution in [1.82, 2.24) is 4.90 Å². The summed E-state index contributed by atoms with van der Waals surface area (Å²) in [5.41, 5.74) is 13.1. The van der Waals surface area contributed by atoms with Gasteiger partial charge in [0.15, 0.2) is 0 Å². The van der Waals surface area contributed by atoms with E-state index in [1.54, 1.807) is 13.8 Å². The van der Waals surface area contributed by atoms with Crippen molar-refractivity contribution in [3.63, 3.8) is 0 Å². The molecule has 1 unspecified atom stereocenters. The summed E-state index contributed by atoms with van der Waals surface area (Å²) in [4.78, 5) is 15.0. The van der Waals surface area contributed by atoms with Crippen molar-refractivity contribution < 1.29 is 14.6 Å². The molecule has 1 heterocycles. The molecule has 1 atom stereocenters. The number of nitrogen functional groups attached to an aromatic ring is 1. The average molecular weight is 530 g/mol. The van der Waals surface area contributed by atoms with Crippen molar-refractivity contribution in [2.75, 3.05) is 24.1 Å². The summed E-state index contributed by atoms with van der Waals surface area (Å²) in [7, 11) is 0. The number of nitrogens with two attached hydrogens (primary N) is 1. The lowest BCUT2D eigenvalue weighted by atomic mass is 9.69. The van der Waals surface area contributed by atoms with Gasteiger partial charge in [-0.2, -0.15) is 0 Å². The summed E-state index contributed by atoms with van der Waals surface area (Å²) in [6.45, 7) is 17.1. The number of ether oxygens (including phenoxy) is 1. The number of aliphatic carboxylic acids is 1. The molecule has 0 saturated heterocycles. The van der Waals surface area contributed by atoms with Crippen LogP contribution >= 0.6 is 0 Å². The minimum Gasteiger partial charge on any atom is -0.486 e. The molecule has 1 aliphatic heterocycles. The number of hydrogen-bond acceptors (Lipinski definition) is 5. The van der Waals surface area contributed by atoms with Crippen LogP contribution in [0, 0.1) is 19.3 Å². The normalized spacial score (nSPS) is 16.1. The second-order valence-electron chi connectivity index (χ2n) is 12.0. The standard InChI is InChI=1S/C33H43N3O3/c1-8-35-27-16-15-26(22(3)30(27)34)29(33(6,7)31(37)38)23-14-13-21(2)25(17-23)19-36-18-24-11-9-10-12-28(24)39-32(4,5)20-36/h9-17,29,35H,8,18-20,34H2,1-7H3,(H,37,38). The predicted molar refractivity (Wildman–Crippen MR) is 159 cm³/mol. The number of rotatable bonds is 8. The summed E-state index contributed by atoms with van der Waals surface area (Å²) in [6, 6.07) is 18.6. The minimum atomic E-state index is -1.05. The molecule has 0 aliphatic carbocycles. The first-order valence-corrected chi connectivity index (χ1v) is 13.8. The summed E-state index contributed by atoms with van der Waals surface area (Å²) in [6.07, 6.45) is 0. The zero-order chi connectivity index (χ0) is 28.5. The molecule has 6 heteroatoms. The Bertz CT molecular complexity index is 1360. The number of hydrogen-bond donors (Lipinski definition) is 3. The molecule has 3 aromatic rings. The van der Waals surface area contributed by atoms with E-state index in [0.29, 0.717) is 5.69 Å². The van der Waals surface area contributed by atoms with E-state index in [0.717, 1.165) is 54.3 Å². The molecular formula is C33H43N3O3. The van der Waals surface area contributed by atoms with E-state index in [9.17, 15) is 9.90 Å². The fourth-order valence-electron chi connectivity index (χ4n) is 5.80. The van der Waals surface area contributed by atoms with Gasteiger partial charge < -0.3 is 20.9 Å². The van der Waals surface area contributed by atoms with Crippen LogP contribution in [0.2, 0.25) is 0 Å². The highest BCUT2D eigenvalue weighted by Crippen LogP contribution is 2.45. The largest absolute Gasteiger partial charge is 0.486 e. The number of anilines is 2. The first-order valence-electron chi connectivity index (χ1n) is 13.8.